The van der Waals surface area contributed by atoms with Crippen molar-refractivity contribution in [1.82, 2.24) is 15.1 Å². The molecule has 1 aliphatic heterocycles. The predicted molar refractivity (Wildman–Crippen MR) is 75.1 cm³/mol. The molecule has 2 rings (SSSR count). The van der Waals surface area contributed by atoms with Crippen LogP contribution in [0, 0.1) is 25.2 Å². The number of hydrogen-bond donors (Lipinski definition) is 0. The lowest BCUT2D eigenvalue weighted by Gasteiger charge is -2.28. The van der Waals surface area contributed by atoms with E-state index >= 15 is 0 Å². The van der Waals surface area contributed by atoms with Crippen LogP contribution in [0.5, 0.6) is 0 Å². The second-order valence-electron chi connectivity index (χ2n) is 5.47. The summed E-state index contributed by atoms with van der Waals surface area (Å²) in [6.45, 7) is 5.79. The second kappa shape index (κ2) is 5.54. The highest BCUT2D eigenvalue weighted by atomic mass is 15.3. The fraction of sp³-hybridized carbons (Fsp3) is 0.643. The number of aromatic nitrogens is 2. The average Bonchev–Trinajstić information content (AvgIpc) is 2.79. The topological polar surface area (TPSA) is 56.1 Å². The lowest BCUT2D eigenvalue weighted by atomic mass is 10.1. The van der Waals surface area contributed by atoms with Crippen molar-refractivity contribution in [2.24, 2.45) is 0 Å². The highest BCUT2D eigenvalue weighted by Gasteiger charge is 2.29. The molecule has 1 aromatic heterocycles. The highest BCUT2D eigenvalue weighted by Crippen LogP contribution is 2.28. The van der Waals surface area contributed by atoms with Gasteiger partial charge in [0.05, 0.1) is 5.69 Å². The molecular formula is C14H21N5. The Morgan fingerprint density at radius 1 is 1.37 bits per heavy atom. The summed E-state index contributed by atoms with van der Waals surface area (Å²) in [4.78, 5) is 4.43. The van der Waals surface area contributed by atoms with Crippen molar-refractivity contribution in [2.75, 3.05) is 32.1 Å². The van der Waals surface area contributed by atoms with Crippen LogP contribution in [0.4, 0.5) is 5.82 Å². The molecule has 19 heavy (non-hydrogen) atoms. The van der Waals surface area contributed by atoms with Crippen LogP contribution in [0.1, 0.15) is 29.7 Å². The lowest BCUT2D eigenvalue weighted by Crippen LogP contribution is -2.38. The minimum atomic E-state index is 0.429. The van der Waals surface area contributed by atoms with Crippen LogP contribution < -0.4 is 4.90 Å². The molecule has 102 valence electrons. The third-order valence-corrected chi connectivity index (χ3v) is 3.77. The van der Waals surface area contributed by atoms with Gasteiger partial charge in [-0.05, 0) is 46.3 Å². The summed E-state index contributed by atoms with van der Waals surface area (Å²) < 4.78 is 0. The van der Waals surface area contributed by atoms with E-state index in [1.54, 1.807) is 0 Å². The van der Waals surface area contributed by atoms with Crippen molar-refractivity contribution in [1.29, 1.82) is 5.26 Å². The molecule has 5 heteroatoms. The second-order valence-corrected chi connectivity index (χ2v) is 5.47. The molecule has 1 aromatic rings. The Labute approximate surface area is 114 Å². The number of rotatable bonds is 3. The maximum absolute atomic E-state index is 9.40. The largest absolute Gasteiger partial charge is 0.350 e. The van der Waals surface area contributed by atoms with Crippen LogP contribution in [-0.2, 0) is 0 Å². The smallest absolute Gasteiger partial charge is 0.169 e. The van der Waals surface area contributed by atoms with E-state index in [4.69, 9.17) is 0 Å². The third kappa shape index (κ3) is 2.69. The van der Waals surface area contributed by atoms with Crippen molar-refractivity contribution in [3.05, 3.63) is 16.8 Å². The summed E-state index contributed by atoms with van der Waals surface area (Å²) in [7, 11) is 4.15. The maximum Gasteiger partial charge on any atom is 0.169 e. The van der Waals surface area contributed by atoms with Crippen molar-refractivity contribution in [3.63, 3.8) is 0 Å². The van der Waals surface area contributed by atoms with Gasteiger partial charge in [-0.15, -0.1) is 5.10 Å². The van der Waals surface area contributed by atoms with E-state index < -0.39 is 0 Å². The predicted octanol–water partition coefficient (Wildman–Crippen LogP) is 1.50. The van der Waals surface area contributed by atoms with Gasteiger partial charge in [-0.25, -0.2) is 0 Å². The average molecular weight is 259 g/mol. The highest BCUT2D eigenvalue weighted by molar-refractivity contribution is 5.58. The minimum Gasteiger partial charge on any atom is -0.350 e. The van der Waals surface area contributed by atoms with E-state index in [0.29, 0.717) is 11.6 Å². The zero-order valence-corrected chi connectivity index (χ0v) is 12.1. The molecule has 0 bridgehead atoms. The Morgan fingerprint density at radius 2 is 2.11 bits per heavy atom. The summed E-state index contributed by atoms with van der Waals surface area (Å²) in [5.74, 6) is 0.759. The maximum atomic E-state index is 9.40. The van der Waals surface area contributed by atoms with E-state index in [1.807, 2.05) is 13.8 Å². The summed E-state index contributed by atoms with van der Waals surface area (Å²) in [6, 6.07) is 2.73. The first-order valence-corrected chi connectivity index (χ1v) is 6.70. The SMILES string of the molecule is Cc1nnc(N2CCCC2CN(C)C)c(C#N)c1C. The van der Waals surface area contributed by atoms with Crippen LogP contribution in [0.3, 0.4) is 0 Å². The Bertz CT molecular complexity index is 503. The molecule has 0 N–H and O–H groups in total. The number of nitrogens with zero attached hydrogens (tertiary/aromatic N) is 5. The van der Waals surface area contributed by atoms with Gasteiger partial charge >= 0.3 is 0 Å². The van der Waals surface area contributed by atoms with Crippen LogP contribution in [-0.4, -0.2) is 48.3 Å². The molecule has 1 fully saturated rings. The molecule has 0 aromatic carbocycles. The van der Waals surface area contributed by atoms with Crippen LogP contribution >= 0.6 is 0 Å². The Balaban J connectivity index is 2.36. The first kappa shape index (κ1) is 13.8. The van der Waals surface area contributed by atoms with Crippen LogP contribution in [0.25, 0.3) is 0 Å². The molecule has 1 saturated heterocycles. The van der Waals surface area contributed by atoms with Gasteiger partial charge in [-0.1, -0.05) is 0 Å². The molecule has 5 nitrogen and oxygen atoms in total. The van der Waals surface area contributed by atoms with E-state index in [-0.39, 0.29) is 0 Å². The molecule has 0 aliphatic carbocycles. The molecule has 2 heterocycles. The molecular weight excluding hydrogens is 238 g/mol. The lowest BCUT2D eigenvalue weighted by molar-refractivity contribution is 0.371. The number of nitriles is 1. The van der Waals surface area contributed by atoms with Gasteiger partial charge in [0.2, 0.25) is 0 Å². The van der Waals surface area contributed by atoms with Gasteiger partial charge in [0, 0.05) is 19.1 Å². The van der Waals surface area contributed by atoms with Gasteiger partial charge in [0.25, 0.3) is 0 Å². The first-order valence-electron chi connectivity index (χ1n) is 6.70. The zero-order chi connectivity index (χ0) is 14.0. The Kier molecular flexibility index (Phi) is 4.01. The molecule has 0 amide bonds. The fourth-order valence-electron chi connectivity index (χ4n) is 2.66. The van der Waals surface area contributed by atoms with Crippen molar-refractivity contribution in [3.8, 4) is 6.07 Å². The van der Waals surface area contributed by atoms with Crippen molar-refractivity contribution in [2.45, 2.75) is 32.7 Å². The number of aryl methyl sites for hydroxylation is 1. The van der Waals surface area contributed by atoms with Gasteiger partial charge in [-0.2, -0.15) is 10.4 Å². The van der Waals surface area contributed by atoms with Gasteiger partial charge in [0.1, 0.15) is 11.6 Å². The number of anilines is 1. The van der Waals surface area contributed by atoms with E-state index in [1.165, 1.54) is 0 Å². The monoisotopic (exact) mass is 259 g/mol. The summed E-state index contributed by atoms with van der Waals surface area (Å²) in [5, 5.41) is 17.9. The Hall–Kier alpha value is -1.67. The number of likely N-dealkylation sites (N-methyl/N-ethyl adjacent to an activating group) is 1. The van der Waals surface area contributed by atoms with Crippen molar-refractivity contribution < 1.29 is 0 Å². The van der Waals surface area contributed by atoms with Crippen molar-refractivity contribution >= 4 is 5.82 Å². The minimum absolute atomic E-state index is 0.429. The molecule has 1 aliphatic rings. The van der Waals surface area contributed by atoms with Gasteiger partial charge in [-0.3, -0.25) is 0 Å². The molecule has 1 unspecified atom stereocenters. The Morgan fingerprint density at radius 3 is 2.74 bits per heavy atom. The summed E-state index contributed by atoms with van der Waals surface area (Å²) in [5.41, 5.74) is 2.46. The molecule has 0 spiro atoms. The van der Waals surface area contributed by atoms with Crippen LogP contribution in [0.15, 0.2) is 0 Å². The standard InChI is InChI=1S/C14H21N5/c1-10-11(2)16-17-14(13(10)8-15)19-7-5-6-12(19)9-18(3)4/h12H,5-7,9H2,1-4H3. The van der Waals surface area contributed by atoms with Crippen LogP contribution in [0.2, 0.25) is 0 Å². The third-order valence-electron chi connectivity index (χ3n) is 3.77. The van der Waals surface area contributed by atoms with E-state index in [0.717, 1.165) is 43.0 Å². The quantitative estimate of drug-likeness (QED) is 0.823. The van der Waals surface area contributed by atoms with E-state index in [2.05, 4.69) is 40.2 Å². The zero-order valence-electron chi connectivity index (χ0n) is 12.1. The molecule has 0 radical (unpaired) electrons. The summed E-state index contributed by atoms with van der Waals surface area (Å²) >= 11 is 0. The van der Waals surface area contributed by atoms with Gasteiger partial charge in [0.15, 0.2) is 5.82 Å². The van der Waals surface area contributed by atoms with Gasteiger partial charge < -0.3 is 9.80 Å². The molecule has 1 atom stereocenters. The first-order chi connectivity index (χ1) is 9.04. The number of hydrogen-bond acceptors (Lipinski definition) is 5. The fourth-order valence-corrected chi connectivity index (χ4v) is 2.66. The molecule has 0 saturated carbocycles. The van der Waals surface area contributed by atoms with E-state index in [9.17, 15) is 5.26 Å². The summed E-state index contributed by atoms with van der Waals surface area (Å²) in [6.07, 6.45) is 2.30. The normalized spacial score (nSPS) is 18.9.